The van der Waals surface area contributed by atoms with Crippen molar-refractivity contribution in [2.24, 2.45) is 21.5 Å². The van der Waals surface area contributed by atoms with Gasteiger partial charge in [0.25, 0.3) is 0 Å². The standard InChI is InChI=1S/C16H21N5O2/c1-10-5-6-12(11(9-10)13(22)23)21-15(18)19-14(17)20-16(21)7-3-2-4-8-16/h5-6,9H,2-4,7-8H2,1H3,(H,22,23)(H4,17,18,19,20). The van der Waals surface area contributed by atoms with Gasteiger partial charge in [0, 0.05) is 0 Å². The van der Waals surface area contributed by atoms with Gasteiger partial charge in [-0.1, -0.05) is 18.1 Å². The maximum atomic E-state index is 11.7. The van der Waals surface area contributed by atoms with E-state index in [2.05, 4.69) is 9.98 Å². The van der Waals surface area contributed by atoms with Gasteiger partial charge in [-0.15, -0.1) is 0 Å². The van der Waals surface area contributed by atoms with Crippen molar-refractivity contribution in [3.63, 3.8) is 0 Å². The number of guanidine groups is 2. The summed E-state index contributed by atoms with van der Waals surface area (Å²) in [6, 6.07) is 5.28. The molecule has 7 heteroatoms. The number of hydrogen-bond donors (Lipinski definition) is 3. The van der Waals surface area contributed by atoms with E-state index in [9.17, 15) is 9.90 Å². The molecule has 1 fully saturated rings. The number of nitrogens with zero attached hydrogens (tertiary/aromatic N) is 3. The van der Waals surface area contributed by atoms with Crippen molar-refractivity contribution in [3.8, 4) is 0 Å². The number of aryl methyl sites for hydroxylation is 1. The zero-order valence-corrected chi connectivity index (χ0v) is 13.1. The quantitative estimate of drug-likeness (QED) is 0.769. The van der Waals surface area contributed by atoms with Crippen LogP contribution in [0.1, 0.15) is 48.0 Å². The zero-order valence-electron chi connectivity index (χ0n) is 13.1. The van der Waals surface area contributed by atoms with Crippen LogP contribution in [0.15, 0.2) is 28.2 Å². The van der Waals surface area contributed by atoms with Crippen LogP contribution in [0.25, 0.3) is 0 Å². The Balaban J connectivity index is 2.16. The SMILES string of the molecule is Cc1ccc(N2C(N)=NC(N)=NC23CCCCC3)c(C(=O)O)c1. The van der Waals surface area contributed by atoms with Crippen molar-refractivity contribution in [2.45, 2.75) is 44.7 Å². The van der Waals surface area contributed by atoms with Crippen LogP contribution in [0.5, 0.6) is 0 Å². The number of aromatic carboxylic acids is 1. The van der Waals surface area contributed by atoms with Crippen LogP contribution in [-0.2, 0) is 0 Å². The third-order valence-corrected chi connectivity index (χ3v) is 4.47. The number of hydrogen-bond acceptors (Lipinski definition) is 6. The highest BCUT2D eigenvalue weighted by Crippen LogP contribution is 2.40. The van der Waals surface area contributed by atoms with Crippen molar-refractivity contribution in [1.29, 1.82) is 0 Å². The first-order valence-corrected chi connectivity index (χ1v) is 7.77. The van der Waals surface area contributed by atoms with E-state index in [0.717, 1.165) is 37.7 Å². The number of carboxylic acids is 1. The zero-order chi connectivity index (χ0) is 16.6. The molecule has 1 aliphatic carbocycles. The van der Waals surface area contributed by atoms with Gasteiger partial charge in [0.15, 0.2) is 0 Å². The molecule has 1 aliphatic heterocycles. The maximum absolute atomic E-state index is 11.7. The lowest BCUT2D eigenvalue weighted by molar-refractivity contribution is 0.0697. The number of aliphatic imine (C=N–C) groups is 2. The Hall–Kier alpha value is -2.57. The van der Waals surface area contributed by atoms with Gasteiger partial charge in [0.1, 0.15) is 5.66 Å². The predicted molar refractivity (Wildman–Crippen MR) is 89.7 cm³/mol. The molecule has 1 aromatic rings. The summed E-state index contributed by atoms with van der Waals surface area (Å²) in [6.45, 7) is 1.86. The highest BCUT2D eigenvalue weighted by atomic mass is 16.4. The Morgan fingerprint density at radius 1 is 1.26 bits per heavy atom. The van der Waals surface area contributed by atoms with Crippen LogP contribution in [0.2, 0.25) is 0 Å². The predicted octanol–water partition coefficient (Wildman–Crippen LogP) is 1.80. The van der Waals surface area contributed by atoms with E-state index in [1.54, 1.807) is 17.0 Å². The van der Waals surface area contributed by atoms with Crippen molar-refractivity contribution in [1.82, 2.24) is 0 Å². The van der Waals surface area contributed by atoms with Crippen molar-refractivity contribution >= 4 is 23.6 Å². The minimum atomic E-state index is -0.995. The molecule has 1 saturated carbocycles. The summed E-state index contributed by atoms with van der Waals surface area (Å²) in [6.07, 6.45) is 4.67. The number of benzene rings is 1. The lowest BCUT2D eigenvalue weighted by Gasteiger charge is -2.46. The minimum Gasteiger partial charge on any atom is -0.478 e. The fourth-order valence-electron chi connectivity index (χ4n) is 3.49. The average Bonchev–Trinajstić information content (AvgIpc) is 2.48. The highest BCUT2D eigenvalue weighted by molar-refractivity contribution is 6.08. The van der Waals surface area contributed by atoms with Crippen LogP contribution in [0.3, 0.4) is 0 Å². The van der Waals surface area contributed by atoms with E-state index in [1.807, 2.05) is 13.0 Å². The van der Waals surface area contributed by atoms with Crippen LogP contribution in [0, 0.1) is 6.92 Å². The molecule has 1 heterocycles. The molecule has 23 heavy (non-hydrogen) atoms. The summed E-state index contributed by atoms with van der Waals surface area (Å²) >= 11 is 0. The molecule has 0 amide bonds. The fourth-order valence-corrected chi connectivity index (χ4v) is 3.49. The van der Waals surface area contributed by atoms with Gasteiger partial charge in [0.2, 0.25) is 11.9 Å². The molecule has 2 aliphatic rings. The third kappa shape index (κ3) is 2.62. The summed E-state index contributed by atoms with van der Waals surface area (Å²) in [5, 5.41) is 9.58. The van der Waals surface area contributed by atoms with Crippen LogP contribution in [-0.4, -0.2) is 28.7 Å². The third-order valence-electron chi connectivity index (χ3n) is 4.47. The fraction of sp³-hybridized carbons (Fsp3) is 0.438. The van der Waals surface area contributed by atoms with Crippen LogP contribution >= 0.6 is 0 Å². The van der Waals surface area contributed by atoms with Gasteiger partial charge in [-0.25, -0.2) is 9.79 Å². The number of rotatable bonds is 2. The van der Waals surface area contributed by atoms with Crippen molar-refractivity contribution < 1.29 is 9.90 Å². The molecule has 0 radical (unpaired) electrons. The number of carboxylic acid groups (broad SMARTS) is 1. The molecule has 3 rings (SSSR count). The number of nitrogens with two attached hydrogens (primary N) is 2. The monoisotopic (exact) mass is 315 g/mol. The smallest absolute Gasteiger partial charge is 0.337 e. The second-order valence-corrected chi connectivity index (χ2v) is 6.14. The van der Waals surface area contributed by atoms with Gasteiger partial charge in [-0.3, -0.25) is 4.90 Å². The normalized spacial score (nSPS) is 20.1. The van der Waals surface area contributed by atoms with E-state index in [0.29, 0.717) is 5.69 Å². The minimum absolute atomic E-state index is 0.157. The second kappa shape index (κ2) is 5.57. The van der Waals surface area contributed by atoms with Crippen molar-refractivity contribution in [3.05, 3.63) is 29.3 Å². The molecule has 0 atom stereocenters. The molecule has 122 valence electrons. The van der Waals surface area contributed by atoms with Gasteiger partial charge in [0.05, 0.1) is 11.3 Å². The first kappa shape index (κ1) is 15.3. The number of carbonyl (C=O) groups is 1. The van der Waals surface area contributed by atoms with Gasteiger partial charge < -0.3 is 16.6 Å². The summed E-state index contributed by atoms with van der Waals surface area (Å²) in [5.41, 5.74) is 12.9. The maximum Gasteiger partial charge on any atom is 0.337 e. The molecular formula is C16H21N5O2. The van der Waals surface area contributed by atoms with Crippen LogP contribution < -0.4 is 16.4 Å². The van der Waals surface area contributed by atoms with E-state index in [1.165, 1.54) is 0 Å². The summed E-state index contributed by atoms with van der Waals surface area (Å²) in [7, 11) is 0. The lowest BCUT2D eigenvalue weighted by Crippen LogP contribution is -2.58. The van der Waals surface area contributed by atoms with Crippen LogP contribution in [0.4, 0.5) is 5.69 Å². The first-order chi connectivity index (χ1) is 10.9. The first-order valence-electron chi connectivity index (χ1n) is 7.77. The number of anilines is 1. The molecule has 5 N–H and O–H groups in total. The molecule has 1 spiro atoms. The molecule has 0 aromatic heterocycles. The molecular weight excluding hydrogens is 294 g/mol. The molecule has 0 unspecified atom stereocenters. The van der Waals surface area contributed by atoms with Gasteiger partial charge in [-0.2, -0.15) is 4.99 Å². The molecule has 7 nitrogen and oxygen atoms in total. The molecule has 0 saturated heterocycles. The Morgan fingerprint density at radius 3 is 2.61 bits per heavy atom. The topological polar surface area (TPSA) is 117 Å². The Bertz CT molecular complexity index is 704. The van der Waals surface area contributed by atoms with E-state index < -0.39 is 11.6 Å². The van der Waals surface area contributed by atoms with E-state index in [-0.39, 0.29) is 17.5 Å². The Morgan fingerprint density at radius 2 is 1.96 bits per heavy atom. The van der Waals surface area contributed by atoms with Crippen molar-refractivity contribution in [2.75, 3.05) is 4.90 Å². The second-order valence-electron chi connectivity index (χ2n) is 6.14. The molecule has 0 bridgehead atoms. The average molecular weight is 315 g/mol. The summed E-state index contributed by atoms with van der Waals surface area (Å²) in [5.74, 6) is -0.639. The highest BCUT2D eigenvalue weighted by Gasteiger charge is 2.43. The van der Waals surface area contributed by atoms with E-state index in [4.69, 9.17) is 11.5 Å². The Labute approximate surface area is 134 Å². The largest absolute Gasteiger partial charge is 0.478 e. The summed E-state index contributed by atoms with van der Waals surface area (Å²) < 4.78 is 0. The summed E-state index contributed by atoms with van der Waals surface area (Å²) in [4.78, 5) is 22.1. The lowest BCUT2D eigenvalue weighted by atomic mass is 9.87. The molecule has 1 aromatic carbocycles. The van der Waals surface area contributed by atoms with E-state index >= 15 is 0 Å². The van der Waals surface area contributed by atoms with Gasteiger partial charge >= 0.3 is 5.97 Å². The van der Waals surface area contributed by atoms with Gasteiger partial charge in [-0.05, 0) is 44.7 Å². The Kier molecular flexibility index (Phi) is 3.71.